The summed E-state index contributed by atoms with van der Waals surface area (Å²) in [5.41, 5.74) is 2.92. The number of carbonyl (C=O) groups excluding carboxylic acids is 1. The molecule has 5 heteroatoms. The van der Waals surface area contributed by atoms with Gasteiger partial charge in [0.2, 0.25) is 5.91 Å². The quantitative estimate of drug-likeness (QED) is 0.573. The van der Waals surface area contributed by atoms with E-state index < -0.39 is 0 Å². The minimum atomic E-state index is -0.226. The Morgan fingerprint density at radius 2 is 1.56 bits per heavy atom. The Labute approximate surface area is 167 Å². The molecule has 0 aliphatic carbocycles. The van der Waals surface area contributed by atoms with E-state index in [1.54, 1.807) is 7.11 Å². The first kappa shape index (κ1) is 19.0. The summed E-state index contributed by atoms with van der Waals surface area (Å²) >= 11 is 3.40. The maximum Gasteiger partial charge on any atom is 0.240 e. The molecule has 27 heavy (non-hydrogen) atoms. The molecular weight excluding hydrogens is 404 g/mol. The SMILES string of the molecule is COc1ccc([C@@H](NC(=O)CNc2ccc(Br)cc2)c2ccccc2)cc1. The first-order valence-corrected chi connectivity index (χ1v) is 9.43. The number of anilines is 1. The van der Waals surface area contributed by atoms with Gasteiger partial charge in [0.15, 0.2) is 0 Å². The monoisotopic (exact) mass is 424 g/mol. The average molecular weight is 425 g/mol. The zero-order chi connectivity index (χ0) is 19.1. The number of nitrogens with one attached hydrogen (secondary N) is 2. The van der Waals surface area contributed by atoms with E-state index in [4.69, 9.17) is 4.74 Å². The third-order valence-corrected chi connectivity index (χ3v) is 4.71. The maximum absolute atomic E-state index is 12.6. The largest absolute Gasteiger partial charge is 0.497 e. The molecule has 0 saturated heterocycles. The van der Waals surface area contributed by atoms with Gasteiger partial charge in [0, 0.05) is 10.2 Å². The van der Waals surface area contributed by atoms with Gasteiger partial charge in [-0.3, -0.25) is 4.79 Å². The van der Waals surface area contributed by atoms with Crippen LogP contribution in [-0.4, -0.2) is 19.6 Å². The maximum atomic E-state index is 12.6. The van der Waals surface area contributed by atoms with Crippen LogP contribution in [0.5, 0.6) is 5.75 Å². The molecule has 0 aromatic heterocycles. The van der Waals surface area contributed by atoms with Crippen LogP contribution in [0.4, 0.5) is 5.69 Å². The van der Waals surface area contributed by atoms with Gasteiger partial charge >= 0.3 is 0 Å². The van der Waals surface area contributed by atoms with Gasteiger partial charge in [-0.05, 0) is 47.5 Å². The van der Waals surface area contributed by atoms with Gasteiger partial charge in [0.1, 0.15) is 5.75 Å². The lowest BCUT2D eigenvalue weighted by molar-refractivity contribution is -0.119. The van der Waals surface area contributed by atoms with Crippen LogP contribution < -0.4 is 15.4 Å². The van der Waals surface area contributed by atoms with E-state index in [-0.39, 0.29) is 18.5 Å². The number of methoxy groups -OCH3 is 1. The molecule has 1 amide bonds. The van der Waals surface area contributed by atoms with Crippen molar-refractivity contribution in [3.8, 4) is 5.75 Å². The van der Waals surface area contributed by atoms with Crippen LogP contribution in [0, 0.1) is 0 Å². The highest BCUT2D eigenvalue weighted by atomic mass is 79.9. The molecule has 0 saturated carbocycles. The molecular formula is C22H21BrN2O2. The molecule has 3 rings (SSSR count). The number of hydrogen-bond donors (Lipinski definition) is 2. The normalized spacial score (nSPS) is 11.5. The molecule has 0 bridgehead atoms. The molecule has 3 aromatic rings. The summed E-state index contributed by atoms with van der Waals surface area (Å²) in [6.07, 6.45) is 0. The number of ether oxygens (including phenoxy) is 1. The molecule has 0 radical (unpaired) electrons. The highest BCUT2D eigenvalue weighted by Crippen LogP contribution is 2.24. The fraction of sp³-hybridized carbons (Fsp3) is 0.136. The van der Waals surface area contributed by atoms with Gasteiger partial charge in [-0.15, -0.1) is 0 Å². The van der Waals surface area contributed by atoms with E-state index in [1.165, 1.54) is 0 Å². The van der Waals surface area contributed by atoms with Crippen LogP contribution in [0.3, 0.4) is 0 Å². The molecule has 0 fully saturated rings. The van der Waals surface area contributed by atoms with Crippen molar-refractivity contribution in [2.24, 2.45) is 0 Å². The molecule has 0 aliphatic heterocycles. The fourth-order valence-electron chi connectivity index (χ4n) is 2.76. The minimum absolute atomic E-state index is 0.0809. The van der Waals surface area contributed by atoms with Crippen LogP contribution in [0.25, 0.3) is 0 Å². The number of benzene rings is 3. The lowest BCUT2D eigenvalue weighted by Gasteiger charge is -2.20. The third-order valence-electron chi connectivity index (χ3n) is 4.18. The second-order valence-electron chi connectivity index (χ2n) is 6.04. The molecule has 0 spiro atoms. The van der Waals surface area contributed by atoms with Gasteiger partial charge in [0.25, 0.3) is 0 Å². The Hall–Kier alpha value is -2.79. The number of amides is 1. The molecule has 0 unspecified atom stereocenters. The molecule has 3 aromatic carbocycles. The van der Waals surface area contributed by atoms with E-state index in [2.05, 4.69) is 26.6 Å². The summed E-state index contributed by atoms with van der Waals surface area (Å²) in [5.74, 6) is 0.705. The lowest BCUT2D eigenvalue weighted by Crippen LogP contribution is -2.33. The van der Waals surface area contributed by atoms with Crippen molar-refractivity contribution in [2.75, 3.05) is 19.0 Å². The van der Waals surface area contributed by atoms with Crippen molar-refractivity contribution in [1.82, 2.24) is 5.32 Å². The summed E-state index contributed by atoms with van der Waals surface area (Å²) in [6, 6.07) is 25.2. The van der Waals surface area contributed by atoms with Gasteiger partial charge in [-0.25, -0.2) is 0 Å². The Morgan fingerprint density at radius 1 is 0.926 bits per heavy atom. The number of rotatable bonds is 7. The lowest BCUT2D eigenvalue weighted by atomic mass is 9.98. The molecule has 138 valence electrons. The van der Waals surface area contributed by atoms with Crippen LogP contribution >= 0.6 is 15.9 Å². The summed E-state index contributed by atoms with van der Waals surface area (Å²) < 4.78 is 6.23. The highest BCUT2D eigenvalue weighted by molar-refractivity contribution is 9.10. The molecule has 4 nitrogen and oxygen atoms in total. The zero-order valence-corrected chi connectivity index (χ0v) is 16.6. The molecule has 1 atom stereocenters. The minimum Gasteiger partial charge on any atom is -0.497 e. The van der Waals surface area contributed by atoms with E-state index in [0.717, 1.165) is 27.0 Å². The predicted octanol–water partition coefficient (Wildman–Crippen LogP) is 4.78. The van der Waals surface area contributed by atoms with Crippen molar-refractivity contribution in [2.45, 2.75) is 6.04 Å². The van der Waals surface area contributed by atoms with Crippen LogP contribution in [0.15, 0.2) is 83.3 Å². The number of carbonyl (C=O) groups is 1. The van der Waals surface area contributed by atoms with Gasteiger partial charge in [0.05, 0.1) is 19.7 Å². The summed E-state index contributed by atoms with van der Waals surface area (Å²) in [6.45, 7) is 0.196. The first-order valence-electron chi connectivity index (χ1n) is 8.63. The van der Waals surface area contributed by atoms with E-state index >= 15 is 0 Å². The van der Waals surface area contributed by atoms with E-state index in [0.29, 0.717) is 0 Å². The average Bonchev–Trinajstić information content (AvgIpc) is 2.72. The van der Waals surface area contributed by atoms with Crippen molar-refractivity contribution < 1.29 is 9.53 Å². The molecule has 2 N–H and O–H groups in total. The Balaban J connectivity index is 1.72. The number of hydrogen-bond acceptors (Lipinski definition) is 3. The van der Waals surface area contributed by atoms with Gasteiger partial charge < -0.3 is 15.4 Å². The predicted molar refractivity (Wildman–Crippen MR) is 112 cm³/mol. The summed E-state index contributed by atoms with van der Waals surface area (Å²) in [5, 5.41) is 6.26. The van der Waals surface area contributed by atoms with Crippen molar-refractivity contribution >= 4 is 27.5 Å². The second-order valence-corrected chi connectivity index (χ2v) is 6.96. The van der Waals surface area contributed by atoms with Crippen LogP contribution in [0.2, 0.25) is 0 Å². The standard InChI is InChI=1S/C22H21BrN2O2/c1-27-20-13-7-17(8-14-20)22(16-5-3-2-4-6-16)25-21(26)15-24-19-11-9-18(23)10-12-19/h2-14,22,24H,15H2,1H3,(H,25,26)/t22-/m0/s1. The van der Waals surface area contributed by atoms with Gasteiger partial charge in [-0.2, -0.15) is 0 Å². The van der Waals surface area contributed by atoms with Crippen molar-refractivity contribution in [1.29, 1.82) is 0 Å². The van der Waals surface area contributed by atoms with Crippen molar-refractivity contribution in [3.63, 3.8) is 0 Å². The summed E-state index contributed by atoms with van der Waals surface area (Å²) in [4.78, 5) is 12.6. The van der Waals surface area contributed by atoms with E-state index in [1.807, 2.05) is 78.9 Å². The first-order chi connectivity index (χ1) is 13.2. The topological polar surface area (TPSA) is 50.4 Å². The third kappa shape index (κ3) is 5.34. The van der Waals surface area contributed by atoms with Gasteiger partial charge in [-0.1, -0.05) is 58.4 Å². The zero-order valence-electron chi connectivity index (χ0n) is 15.0. The smallest absolute Gasteiger partial charge is 0.240 e. The Kier molecular flexibility index (Phi) is 6.49. The Morgan fingerprint density at radius 3 is 2.19 bits per heavy atom. The molecule has 0 heterocycles. The van der Waals surface area contributed by atoms with Crippen molar-refractivity contribution in [3.05, 3.63) is 94.5 Å². The highest BCUT2D eigenvalue weighted by Gasteiger charge is 2.16. The Bertz CT molecular complexity index is 865. The second kappa shape index (κ2) is 9.24. The number of halogens is 1. The molecule has 0 aliphatic rings. The fourth-order valence-corrected chi connectivity index (χ4v) is 3.03. The summed E-state index contributed by atoms with van der Waals surface area (Å²) in [7, 11) is 1.64. The van der Waals surface area contributed by atoms with Crippen LogP contribution in [-0.2, 0) is 4.79 Å². The van der Waals surface area contributed by atoms with Crippen LogP contribution in [0.1, 0.15) is 17.2 Å². The van der Waals surface area contributed by atoms with E-state index in [9.17, 15) is 4.79 Å².